The third-order valence-corrected chi connectivity index (χ3v) is 2.73. The molecule has 0 aromatic carbocycles. The van der Waals surface area contributed by atoms with E-state index in [0.717, 1.165) is 24.5 Å². The zero-order valence-electron chi connectivity index (χ0n) is 10.0. The summed E-state index contributed by atoms with van der Waals surface area (Å²) in [5.74, 6) is 0.788. The minimum atomic E-state index is -0.467. The van der Waals surface area contributed by atoms with Crippen LogP contribution in [0.15, 0.2) is 6.20 Å². The van der Waals surface area contributed by atoms with E-state index in [1.165, 1.54) is 0 Å². The number of aliphatic hydroxyl groups is 1. The van der Waals surface area contributed by atoms with Crippen molar-refractivity contribution in [3.05, 3.63) is 11.9 Å². The Bertz CT molecular complexity index is 290. The number of nitrogens with zero attached hydrogens (tertiary/aromatic N) is 3. The van der Waals surface area contributed by atoms with Gasteiger partial charge < -0.3 is 5.11 Å². The van der Waals surface area contributed by atoms with Gasteiger partial charge in [0.25, 0.3) is 0 Å². The summed E-state index contributed by atoms with van der Waals surface area (Å²) in [7, 11) is 0. The Morgan fingerprint density at radius 1 is 1.47 bits per heavy atom. The molecule has 4 nitrogen and oxygen atoms in total. The second-order valence-corrected chi connectivity index (χ2v) is 4.01. The highest BCUT2D eigenvalue weighted by atomic mass is 16.3. The maximum Gasteiger partial charge on any atom is 0.0945 e. The first-order valence-electron chi connectivity index (χ1n) is 5.76. The Morgan fingerprint density at radius 3 is 2.53 bits per heavy atom. The summed E-state index contributed by atoms with van der Waals surface area (Å²) in [6.07, 6.45) is 3.49. The van der Waals surface area contributed by atoms with Gasteiger partial charge in [-0.25, -0.2) is 4.68 Å². The molecule has 0 bridgehead atoms. The quantitative estimate of drug-likeness (QED) is 0.816. The van der Waals surface area contributed by atoms with Crippen molar-refractivity contribution in [1.82, 2.24) is 15.0 Å². The lowest BCUT2D eigenvalue weighted by Crippen LogP contribution is -2.27. The molecule has 0 radical (unpaired) electrons. The van der Waals surface area contributed by atoms with E-state index in [2.05, 4.69) is 17.2 Å². The van der Waals surface area contributed by atoms with Gasteiger partial charge in [-0.1, -0.05) is 26.0 Å². The van der Waals surface area contributed by atoms with E-state index in [4.69, 9.17) is 0 Å². The molecule has 1 aliphatic rings. The van der Waals surface area contributed by atoms with Gasteiger partial charge in [0.2, 0.25) is 0 Å². The molecular formula is C11H21N3O. The summed E-state index contributed by atoms with van der Waals surface area (Å²) in [6.45, 7) is 7.98. The molecule has 0 amide bonds. The fourth-order valence-corrected chi connectivity index (χ4v) is 1.89. The summed E-state index contributed by atoms with van der Waals surface area (Å²) in [4.78, 5) is 0. The largest absolute Gasteiger partial charge is 0.387 e. The number of hydrogen-bond donors (Lipinski definition) is 1. The molecular weight excluding hydrogens is 190 g/mol. The van der Waals surface area contributed by atoms with Crippen molar-refractivity contribution in [2.24, 2.45) is 5.92 Å². The van der Waals surface area contributed by atoms with Gasteiger partial charge in [-0.15, -0.1) is 5.10 Å². The monoisotopic (exact) mass is 211 g/mol. The Balaban J connectivity index is 0.000000531. The standard InChI is InChI=1S/C9H15N3O.C2H6/c1-6-3-8(4-6)12-9(7(2)13)5-10-11-12;1-2/h5-8,13H,3-4H2,1-2H3;1-2H3/t6?,7-,8?;/m0./s1. The highest BCUT2D eigenvalue weighted by Crippen LogP contribution is 2.37. The molecule has 1 aliphatic carbocycles. The Hall–Kier alpha value is -0.900. The average molecular weight is 211 g/mol. The van der Waals surface area contributed by atoms with E-state index in [9.17, 15) is 5.11 Å². The molecule has 2 rings (SSSR count). The smallest absolute Gasteiger partial charge is 0.0945 e. The number of aliphatic hydroxyl groups excluding tert-OH is 1. The first kappa shape index (κ1) is 12.2. The van der Waals surface area contributed by atoms with Crippen LogP contribution in [0.1, 0.15) is 58.4 Å². The Labute approximate surface area is 91.3 Å². The summed E-state index contributed by atoms with van der Waals surface area (Å²) >= 11 is 0. The molecule has 15 heavy (non-hydrogen) atoms. The van der Waals surface area contributed by atoms with E-state index < -0.39 is 6.10 Å². The van der Waals surface area contributed by atoms with Crippen LogP contribution < -0.4 is 0 Å². The van der Waals surface area contributed by atoms with Gasteiger partial charge in [0, 0.05) is 0 Å². The molecule has 1 aromatic rings. The molecule has 0 spiro atoms. The first-order valence-corrected chi connectivity index (χ1v) is 5.76. The molecule has 1 saturated carbocycles. The van der Waals surface area contributed by atoms with E-state index in [0.29, 0.717) is 6.04 Å². The molecule has 86 valence electrons. The van der Waals surface area contributed by atoms with Crippen LogP contribution in [0.2, 0.25) is 0 Å². The highest BCUT2D eigenvalue weighted by Gasteiger charge is 2.29. The van der Waals surface area contributed by atoms with Gasteiger partial charge >= 0.3 is 0 Å². The summed E-state index contributed by atoms with van der Waals surface area (Å²) < 4.78 is 1.87. The van der Waals surface area contributed by atoms with Gasteiger partial charge in [-0.3, -0.25) is 0 Å². The number of hydrogen-bond acceptors (Lipinski definition) is 3. The summed E-state index contributed by atoms with van der Waals surface area (Å²) in [6, 6.07) is 0.460. The van der Waals surface area contributed by atoms with Crippen LogP contribution in [-0.4, -0.2) is 20.1 Å². The van der Waals surface area contributed by atoms with Crippen molar-refractivity contribution in [3.63, 3.8) is 0 Å². The van der Waals surface area contributed by atoms with Crippen LogP contribution in [0.5, 0.6) is 0 Å². The lowest BCUT2D eigenvalue weighted by atomic mass is 9.82. The lowest BCUT2D eigenvalue weighted by molar-refractivity contribution is 0.152. The predicted octanol–water partition coefficient (Wildman–Crippen LogP) is 2.33. The predicted molar refractivity (Wildman–Crippen MR) is 59.4 cm³/mol. The second-order valence-electron chi connectivity index (χ2n) is 4.01. The fourth-order valence-electron chi connectivity index (χ4n) is 1.89. The van der Waals surface area contributed by atoms with Crippen LogP contribution in [0.3, 0.4) is 0 Å². The van der Waals surface area contributed by atoms with E-state index in [-0.39, 0.29) is 0 Å². The molecule has 0 unspecified atom stereocenters. The maximum absolute atomic E-state index is 9.43. The minimum Gasteiger partial charge on any atom is -0.387 e. The second kappa shape index (κ2) is 5.26. The van der Waals surface area contributed by atoms with Gasteiger partial charge in [-0.05, 0) is 25.7 Å². The molecule has 0 aliphatic heterocycles. The van der Waals surface area contributed by atoms with Crippen LogP contribution >= 0.6 is 0 Å². The zero-order chi connectivity index (χ0) is 11.4. The van der Waals surface area contributed by atoms with E-state index in [1.807, 2.05) is 18.5 Å². The van der Waals surface area contributed by atoms with Crippen LogP contribution in [0.4, 0.5) is 0 Å². The van der Waals surface area contributed by atoms with Gasteiger partial charge in [0.15, 0.2) is 0 Å². The van der Waals surface area contributed by atoms with E-state index in [1.54, 1.807) is 13.1 Å². The third-order valence-electron chi connectivity index (χ3n) is 2.73. The van der Waals surface area contributed by atoms with Crippen molar-refractivity contribution < 1.29 is 5.11 Å². The normalized spacial score (nSPS) is 26.2. The topological polar surface area (TPSA) is 50.9 Å². The number of rotatable bonds is 2. The van der Waals surface area contributed by atoms with Gasteiger partial charge in [0.1, 0.15) is 0 Å². The first-order chi connectivity index (χ1) is 7.18. The minimum absolute atomic E-state index is 0.460. The van der Waals surface area contributed by atoms with Crippen molar-refractivity contribution >= 4 is 0 Å². The van der Waals surface area contributed by atoms with Crippen molar-refractivity contribution in [1.29, 1.82) is 0 Å². The fraction of sp³-hybridized carbons (Fsp3) is 0.818. The van der Waals surface area contributed by atoms with Crippen LogP contribution in [0, 0.1) is 5.92 Å². The lowest BCUT2D eigenvalue weighted by Gasteiger charge is -2.33. The van der Waals surface area contributed by atoms with Crippen molar-refractivity contribution in [2.75, 3.05) is 0 Å². The summed E-state index contributed by atoms with van der Waals surface area (Å²) in [5.41, 5.74) is 0.830. The van der Waals surface area contributed by atoms with Crippen LogP contribution in [0.25, 0.3) is 0 Å². The SMILES string of the molecule is CC.CC1CC(n2nncc2[C@H](C)O)C1. The molecule has 1 atom stereocenters. The van der Waals surface area contributed by atoms with Crippen LogP contribution in [-0.2, 0) is 0 Å². The van der Waals surface area contributed by atoms with E-state index >= 15 is 0 Å². The highest BCUT2D eigenvalue weighted by molar-refractivity contribution is 5.01. The molecule has 1 N–H and O–H groups in total. The van der Waals surface area contributed by atoms with Gasteiger partial charge in [0.05, 0.1) is 24.0 Å². The molecule has 4 heteroatoms. The molecule has 1 aromatic heterocycles. The molecule has 1 fully saturated rings. The average Bonchev–Trinajstić information content (AvgIpc) is 2.64. The maximum atomic E-state index is 9.43. The molecule has 0 saturated heterocycles. The summed E-state index contributed by atoms with van der Waals surface area (Å²) in [5, 5.41) is 17.3. The van der Waals surface area contributed by atoms with Crippen molar-refractivity contribution in [2.45, 2.75) is 52.7 Å². The Kier molecular flexibility index (Phi) is 4.27. The number of aromatic nitrogens is 3. The van der Waals surface area contributed by atoms with Gasteiger partial charge in [-0.2, -0.15) is 0 Å². The third kappa shape index (κ3) is 2.56. The zero-order valence-corrected chi connectivity index (χ0v) is 10.0. The Morgan fingerprint density at radius 2 is 2.07 bits per heavy atom. The van der Waals surface area contributed by atoms with Crippen molar-refractivity contribution in [3.8, 4) is 0 Å². The molecule has 1 heterocycles.